The third kappa shape index (κ3) is 4.53. The molecule has 0 radical (unpaired) electrons. The molecule has 1 N–H and O–H groups in total. The zero-order chi connectivity index (χ0) is 13.5. The summed E-state index contributed by atoms with van der Waals surface area (Å²) in [7, 11) is 0. The molecule has 0 fully saturated rings. The molecule has 1 aromatic carbocycles. The third-order valence-corrected chi connectivity index (χ3v) is 2.75. The van der Waals surface area contributed by atoms with Crippen molar-refractivity contribution in [2.75, 3.05) is 13.2 Å². The van der Waals surface area contributed by atoms with E-state index >= 15 is 0 Å². The second-order valence-corrected chi connectivity index (χ2v) is 5.18. The van der Waals surface area contributed by atoms with Crippen molar-refractivity contribution >= 4 is 0 Å². The van der Waals surface area contributed by atoms with Gasteiger partial charge >= 0.3 is 0 Å². The van der Waals surface area contributed by atoms with Crippen molar-refractivity contribution < 1.29 is 4.74 Å². The van der Waals surface area contributed by atoms with Crippen LogP contribution in [0, 0.1) is 19.8 Å². The van der Waals surface area contributed by atoms with E-state index in [4.69, 9.17) is 4.74 Å². The Morgan fingerprint density at radius 3 is 2.39 bits per heavy atom. The fraction of sp³-hybridized carbons (Fsp3) is 0.500. The molecule has 18 heavy (non-hydrogen) atoms. The van der Waals surface area contributed by atoms with Gasteiger partial charge in [0.1, 0.15) is 12.4 Å². The lowest BCUT2D eigenvalue weighted by Crippen LogP contribution is -2.19. The fourth-order valence-corrected chi connectivity index (χ4v) is 2.02. The number of nitrogens with one attached hydrogen (secondary N) is 1. The van der Waals surface area contributed by atoms with E-state index in [1.165, 1.54) is 16.7 Å². The van der Waals surface area contributed by atoms with Crippen LogP contribution in [0.2, 0.25) is 0 Å². The van der Waals surface area contributed by atoms with Crippen molar-refractivity contribution in [3.63, 3.8) is 0 Å². The highest BCUT2D eigenvalue weighted by atomic mass is 16.5. The van der Waals surface area contributed by atoms with Crippen LogP contribution in [-0.4, -0.2) is 13.2 Å². The van der Waals surface area contributed by atoms with Gasteiger partial charge in [-0.15, -0.1) is 0 Å². The Morgan fingerprint density at radius 2 is 1.89 bits per heavy atom. The van der Waals surface area contributed by atoms with E-state index in [1.54, 1.807) is 6.08 Å². The van der Waals surface area contributed by atoms with Gasteiger partial charge in [-0.1, -0.05) is 38.6 Å². The first-order chi connectivity index (χ1) is 8.54. The normalized spacial score (nSPS) is 10.7. The van der Waals surface area contributed by atoms with Crippen LogP contribution in [-0.2, 0) is 6.54 Å². The first kappa shape index (κ1) is 14.8. The van der Waals surface area contributed by atoms with E-state index in [1.807, 2.05) is 0 Å². The molecule has 1 rings (SSSR count). The summed E-state index contributed by atoms with van der Waals surface area (Å²) >= 11 is 0. The van der Waals surface area contributed by atoms with E-state index in [0.717, 1.165) is 18.8 Å². The quantitative estimate of drug-likeness (QED) is 0.743. The lowest BCUT2D eigenvalue weighted by Gasteiger charge is -2.14. The van der Waals surface area contributed by atoms with Crippen LogP contribution in [0.15, 0.2) is 24.8 Å². The van der Waals surface area contributed by atoms with Crippen LogP contribution >= 0.6 is 0 Å². The minimum Gasteiger partial charge on any atom is -0.489 e. The molecular formula is C16H25NO. The van der Waals surface area contributed by atoms with E-state index < -0.39 is 0 Å². The van der Waals surface area contributed by atoms with Crippen LogP contribution in [0.4, 0.5) is 0 Å². The summed E-state index contributed by atoms with van der Waals surface area (Å²) < 4.78 is 5.68. The number of hydrogen-bond donors (Lipinski definition) is 1. The maximum absolute atomic E-state index is 5.68. The monoisotopic (exact) mass is 247 g/mol. The van der Waals surface area contributed by atoms with E-state index in [0.29, 0.717) is 12.5 Å². The third-order valence-electron chi connectivity index (χ3n) is 2.75. The lowest BCUT2D eigenvalue weighted by molar-refractivity contribution is 0.358. The van der Waals surface area contributed by atoms with Crippen molar-refractivity contribution in [1.82, 2.24) is 5.32 Å². The maximum Gasteiger partial charge on any atom is 0.125 e. The average molecular weight is 247 g/mol. The Balaban J connectivity index is 2.69. The SMILES string of the molecule is C=CCOc1c(C)cc(CNCC(C)C)cc1C. The molecule has 0 bridgehead atoms. The van der Waals surface area contributed by atoms with Gasteiger partial charge in [-0.25, -0.2) is 0 Å². The Hall–Kier alpha value is -1.28. The van der Waals surface area contributed by atoms with Crippen molar-refractivity contribution in [2.24, 2.45) is 5.92 Å². The Labute approximate surface area is 111 Å². The molecule has 2 nitrogen and oxygen atoms in total. The Morgan fingerprint density at radius 1 is 1.28 bits per heavy atom. The highest BCUT2D eigenvalue weighted by Gasteiger charge is 2.06. The van der Waals surface area contributed by atoms with E-state index in [2.05, 4.69) is 51.7 Å². The zero-order valence-electron chi connectivity index (χ0n) is 12.0. The molecule has 0 amide bonds. The minimum absolute atomic E-state index is 0.562. The predicted molar refractivity (Wildman–Crippen MR) is 78.2 cm³/mol. The van der Waals surface area contributed by atoms with Crippen molar-refractivity contribution in [2.45, 2.75) is 34.2 Å². The second-order valence-electron chi connectivity index (χ2n) is 5.18. The number of aryl methyl sites for hydroxylation is 2. The lowest BCUT2D eigenvalue weighted by atomic mass is 10.1. The van der Waals surface area contributed by atoms with Crippen molar-refractivity contribution in [3.05, 3.63) is 41.5 Å². The van der Waals surface area contributed by atoms with Crippen LogP contribution < -0.4 is 10.1 Å². The van der Waals surface area contributed by atoms with Crippen molar-refractivity contribution in [3.8, 4) is 5.75 Å². The summed E-state index contributed by atoms with van der Waals surface area (Å²) in [5.41, 5.74) is 3.70. The number of rotatable bonds is 7. The van der Waals surface area contributed by atoms with Crippen LogP contribution in [0.1, 0.15) is 30.5 Å². The zero-order valence-corrected chi connectivity index (χ0v) is 12.0. The molecule has 0 atom stereocenters. The van der Waals surface area contributed by atoms with E-state index in [9.17, 15) is 0 Å². The van der Waals surface area contributed by atoms with Gasteiger partial charge in [0.15, 0.2) is 0 Å². The van der Waals surface area contributed by atoms with Crippen LogP contribution in [0.5, 0.6) is 5.75 Å². The molecule has 100 valence electrons. The number of hydrogen-bond acceptors (Lipinski definition) is 2. The molecule has 0 spiro atoms. The molecule has 0 aliphatic heterocycles. The molecule has 1 aromatic rings. The summed E-state index contributed by atoms with van der Waals surface area (Å²) in [6.45, 7) is 14.8. The van der Waals surface area contributed by atoms with Gasteiger partial charge < -0.3 is 10.1 Å². The van der Waals surface area contributed by atoms with Gasteiger partial charge in [-0.2, -0.15) is 0 Å². The standard InChI is InChI=1S/C16H25NO/c1-6-7-18-16-13(4)8-15(9-14(16)5)11-17-10-12(2)3/h6,8-9,12,17H,1,7,10-11H2,2-5H3. The Bertz CT molecular complexity index is 373. The number of ether oxygens (including phenoxy) is 1. The van der Waals surface area contributed by atoms with E-state index in [-0.39, 0.29) is 0 Å². The highest BCUT2D eigenvalue weighted by molar-refractivity contribution is 5.43. The van der Waals surface area contributed by atoms with Gasteiger partial charge in [0, 0.05) is 6.54 Å². The van der Waals surface area contributed by atoms with Crippen LogP contribution in [0.3, 0.4) is 0 Å². The summed E-state index contributed by atoms with van der Waals surface area (Å²) in [5, 5.41) is 3.46. The van der Waals surface area contributed by atoms with Gasteiger partial charge in [0.2, 0.25) is 0 Å². The summed E-state index contributed by atoms with van der Waals surface area (Å²) in [5.74, 6) is 1.67. The fourth-order valence-electron chi connectivity index (χ4n) is 2.02. The van der Waals surface area contributed by atoms with Gasteiger partial charge in [-0.05, 0) is 43.0 Å². The molecule has 0 unspecified atom stereocenters. The van der Waals surface area contributed by atoms with Gasteiger partial charge in [0.05, 0.1) is 0 Å². The van der Waals surface area contributed by atoms with Gasteiger partial charge in [0.25, 0.3) is 0 Å². The predicted octanol–water partition coefficient (Wildman–Crippen LogP) is 3.61. The molecular weight excluding hydrogens is 222 g/mol. The average Bonchev–Trinajstić information content (AvgIpc) is 2.27. The largest absolute Gasteiger partial charge is 0.489 e. The molecule has 0 heterocycles. The smallest absolute Gasteiger partial charge is 0.125 e. The Kier molecular flexibility index (Phi) is 5.93. The number of benzene rings is 1. The van der Waals surface area contributed by atoms with Crippen LogP contribution in [0.25, 0.3) is 0 Å². The minimum atomic E-state index is 0.562. The summed E-state index contributed by atoms with van der Waals surface area (Å²) in [6, 6.07) is 4.39. The van der Waals surface area contributed by atoms with Crippen molar-refractivity contribution in [1.29, 1.82) is 0 Å². The molecule has 2 heteroatoms. The first-order valence-corrected chi connectivity index (χ1v) is 6.59. The molecule has 0 saturated carbocycles. The summed E-state index contributed by atoms with van der Waals surface area (Å²) in [6.07, 6.45) is 1.77. The molecule has 0 aliphatic carbocycles. The molecule has 0 aliphatic rings. The first-order valence-electron chi connectivity index (χ1n) is 6.59. The maximum atomic E-state index is 5.68. The topological polar surface area (TPSA) is 21.3 Å². The van der Waals surface area contributed by atoms with Gasteiger partial charge in [-0.3, -0.25) is 0 Å². The summed E-state index contributed by atoms with van der Waals surface area (Å²) in [4.78, 5) is 0. The highest BCUT2D eigenvalue weighted by Crippen LogP contribution is 2.24. The molecule has 0 saturated heterocycles. The molecule has 0 aromatic heterocycles. The second kappa shape index (κ2) is 7.22.